The number of nitrogens with one attached hydrogen (secondary N) is 1. The molecule has 3 aromatic carbocycles. The van der Waals surface area contributed by atoms with Crippen molar-refractivity contribution >= 4 is 33.8 Å². The van der Waals surface area contributed by atoms with Gasteiger partial charge in [-0.15, -0.1) is 0 Å². The molecular formula is C36H39ClN3O3+. The van der Waals surface area contributed by atoms with E-state index in [1.807, 2.05) is 36.5 Å². The molecule has 222 valence electrons. The molecule has 6 nitrogen and oxygen atoms in total. The van der Waals surface area contributed by atoms with Crippen molar-refractivity contribution in [1.82, 2.24) is 4.98 Å². The van der Waals surface area contributed by atoms with Crippen LogP contribution in [0.4, 0.5) is 5.69 Å². The Morgan fingerprint density at radius 3 is 2.51 bits per heavy atom. The van der Waals surface area contributed by atoms with Crippen molar-refractivity contribution in [3.63, 3.8) is 0 Å². The van der Waals surface area contributed by atoms with E-state index in [-0.39, 0.29) is 6.10 Å². The van der Waals surface area contributed by atoms with Gasteiger partial charge in [-0.25, -0.2) is 4.89 Å². The summed E-state index contributed by atoms with van der Waals surface area (Å²) in [6.45, 7) is 2.05. The maximum absolute atomic E-state index is 6.88. The third kappa shape index (κ3) is 5.95. The van der Waals surface area contributed by atoms with Crippen LogP contribution < -0.4 is 10.6 Å². The third-order valence-corrected chi connectivity index (χ3v) is 9.53. The lowest BCUT2D eigenvalue weighted by Gasteiger charge is -2.49. The zero-order chi connectivity index (χ0) is 29.1. The van der Waals surface area contributed by atoms with Gasteiger partial charge >= 0.3 is 0 Å². The Balaban J connectivity index is 0.910. The van der Waals surface area contributed by atoms with Gasteiger partial charge in [-0.05, 0) is 59.9 Å². The van der Waals surface area contributed by atoms with Gasteiger partial charge in [0.05, 0.1) is 18.1 Å². The second-order valence-corrected chi connectivity index (χ2v) is 12.6. The number of fused-ring (bicyclic) bond motifs is 2. The largest absolute Gasteiger partial charge is 0.384 e. The summed E-state index contributed by atoms with van der Waals surface area (Å²) in [5.41, 5.74) is 4.92. The summed E-state index contributed by atoms with van der Waals surface area (Å²) < 4.78 is 6.88. The summed E-state index contributed by atoms with van der Waals surface area (Å²) in [4.78, 5) is 17.1. The van der Waals surface area contributed by atoms with Crippen molar-refractivity contribution in [2.45, 2.75) is 68.5 Å². The van der Waals surface area contributed by atoms with Crippen LogP contribution in [-0.4, -0.2) is 36.0 Å². The summed E-state index contributed by atoms with van der Waals surface area (Å²) in [6, 6.07) is 29.4. The number of anilines is 1. The van der Waals surface area contributed by atoms with Crippen LogP contribution in [0.1, 0.15) is 56.1 Å². The number of hydrogen-bond donors (Lipinski definition) is 2. The van der Waals surface area contributed by atoms with E-state index >= 15 is 0 Å². The molecule has 4 aromatic rings. The average molecular weight is 597 g/mol. The van der Waals surface area contributed by atoms with E-state index in [2.05, 4.69) is 76.3 Å². The Bertz CT molecular complexity index is 1570. The van der Waals surface area contributed by atoms with Gasteiger partial charge in [-0.2, -0.15) is 4.89 Å². The molecule has 1 aromatic heterocycles. The van der Waals surface area contributed by atoms with Gasteiger partial charge in [-0.3, -0.25) is 4.98 Å². The van der Waals surface area contributed by atoms with Crippen molar-refractivity contribution in [2.24, 2.45) is 0 Å². The van der Waals surface area contributed by atoms with Crippen LogP contribution in [0, 0.1) is 0 Å². The predicted octanol–water partition coefficient (Wildman–Crippen LogP) is 7.01. The van der Waals surface area contributed by atoms with Crippen LogP contribution in [-0.2, 0) is 20.1 Å². The van der Waals surface area contributed by atoms with E-state index in [0.29, 0.717) is 11.1 Å². The number of pyridine rings is 1. The van der Waals surface area contributed by atoms with Crippen LogP contribution in [0.25, 0.3) is 16.5 Å². The summed E-state index contributed by atoms with van der Waals surface area (Å²) >= 11 is 6.13. The van der Waals surface area contributed by atoms with Crippen LogP contribution in [0.15, 0.2) is 97.2 Å². The lowest BCUT2D eigenvalue weighted by atomic mass is 9.85. The van der Waals surface area contributed by atoms with Gasteiger partial charge < -0.3 is 15.4 Å². The van der Waals surface area contributed by atoms with Gasteiger partial charge in [0, 0.05) is 60.9 Å². The molecule has 43 heavy (non-hydrogen) atoms. The standard InChI is InChI=1S/C36H38ClN3O3/c37-29-13-14-31-32(17-22-40-33(31)24-29)39-21-8-7-20-38-30-15-18-35(19-16-30)41-34-23-27(26-9-3-1-4-10-26)25-36(34,43-42-35)28-11-5-2-6-12-28/h1-6,9-14,17,22-24,30,34,38H,7-8,15-16,18-21,25H2,(H,39,40)/p+1. The molecule has 1 spiro atoms. The Labute approximate surface area is 258 Å². The maximum Gasteiger partial charge on any atom is 0.202 e. The zero-order valence-electron chi connectivity index (χ0n) is 24.4. The predicted molar refractivity (Wildman–Crippen MR) is 170 cm³/mol. The highest BCUT2D eigenvalue weighted by Gasteiger charge is 2.57. The first-order valence-electron chi connectivity index (χ1n) is 15.6. The molecule has 7 rings (SSSR count). The molecule has 3 N–H and O–H groups in total. The van der Waals surface area contributed by atoms with Gasteiger partial charge in [0.15, 0.2) is 5.60 Å². The molecule has 0 radical (unpaired) electrons. The van der Waals surface area contributed by atoms with Crippen molar-refractivity contribution in [3.8, 4) is 0 Å². The number of unbranched alkanes of at least 4 members (excludes halogenated alkanes) is 1. The minimum absolute atomic E-state index is 0.193. The van der Waals surface area contributed by atoms with Crippen LogP contribution in [0.2, 0.25) is 5.02 Å². The quantitative estimate of drug-likeness (QED) is 0.161. The fraction of sp³-hybridized carbons (Fsp3) is 0.361. The molecule has 1 saturated heterocycles. The molecule has 2 fully saturated rings. The minimum atomic E-state index is -0.683. The van der Waals surface area contributed by atoms with Gasteiger partial charge in [-0.1, -0.05) is 72.3 Å². The van der Waals surface area contributed by atoms with E-state index < -0.39 is 11.4 Å². The van der Waals surface area contributed by atoms with Crippen molar-refractivity contribution in [1.29, 1.82) is 0 Å². The zero-order valence-corrected chi connectivity index (χ0v) is 25.1. The lowest BCUT2D eigenvalue weighted by Crippen LogP contribution is -2.90. The fourth-order valence-corrected chi connectivity index (χ4v) is 7.06. The lowest BCUT2D eigenvalue weighted by molar-refractivity contribution is -0.695. The normalized spacial score (nSPS) is 26.8. The number of quaternary nitrogens is 1. The van der Waals surface area contributed by atoms with E-state index in [0.717, 1.165) is 80.2 Å². The van der Waals surface area contributed by atoms with E-state index in [1.54, 1.807) is 0 Å². The van der Waals surface area contributed by atoms with E-state index in [1.165, 1.54) is 11.1 Å². The number of nitrogens with two attached hydrogens (primary N) is 1. The van der Waals surface area contributed by atoms with Crippen LogP contribution in [0.5, 0.6) is 0 Å². The summed E-state index contributed by atoms with van der Waals surface area (Å²) in [7, 11) is 0. The van der Waals surface area contributed by atoms with Gasteiger partial charge in [0.1, 0.15) is 6.10 Å². The number of aromatic nitrogens is 1. The molecule has 0 amide bonds. The summed E-state index contributed by atoms with van der Waals surface area (Å²) in [6.07, 6.45) is 10.7. The Kier molecular flexibility index (Phi) is 8.21. The van der Waals surface area contributed by atoms with E-state index in [4.69, 9.17) is 26.1 Å². The molecule has 2 atom stereocenters. The molecule has 2 unspecified atom stereocenters. The monoisotopic (exact) mass is 596 g/mol. The summed E-state index contributed by atoms with van der Waals surface area (Å²) in [5, 5.41) is 7.91. The first-order chi connectivity index (χ1) is 21.1. The number of ether oxygens (including phenoxy) is 1. The molecule has 2 heterocycles. The first kappa shape index (κ1) is 28.5. The van der Waals surface area contributed by atoms with Crippen LogP contribution in [0.3, 0.4) is 0 Å². The van der Waals surface area contributed by atoms with Gasteiger partial charge in [0.2, 0.25) is 5.79 Å². The second kappa shape index (κ2) is 12.4. The smallest absolute Gasteiger partial charge is 0.202 e. The molecular weight excluding hydrogens is 558 g/mol. The molecule has 1 saturated carbocycles. The highest BCUT2D eigenvalue weighted by Crippen LogP contribution is 2.53. The first-order valence-corrected chi connectivity index (χ1v) is 16.0. The Morgan fingerprint density at radius 2 is 1.70 bits per heavy atom. The van der Waals surface area contributed by atoms with Crippen molar-refractivity contribution in [3.05, 3.63) is 113 Å². The highest BCUT2D eigenvalue weighted by atomic mass is 35.5. The second-order valence-electron chi connectivity index (χ2n) is 12.1. The fourth-order valence-electron chi connectivity index (χ4n) is 6.89. The topological polar surface area (TPSA) is 69.2 Å². The molecule has 1 aliphatic heterocycles. The number of nitrogens with zero attached hydrogens (tertiary/aromatic N) is 1. The van der Waals surface area contributed by atoms with Gasteiger partial charge in [0.25, 0.3) is 0 Å². The highest BCUT2D eigenvalue weighted by molar-refractivity contribution is 6.31. The van der Waals surface area contributed by atoms with Crippen LogP contribution >= 0.6 is 11.6 Å². The Hall–Kier alpha value is -3.26. The minimum Gasteiger partial charge on any atom is -0.384 e. The molecule has 2 aliphatic carbocycles. The Morgan fingerprint density at radius 1 is 0.907 bits per heavy atom. The number of rotatable bonds is 9. The summed E-state index contributed by atoms with van der Waals surface area (Å²) in [5.74, 6) is -0.683. The third-order valence-electron chi connectivity index (χ3n) is 9.30. The SMILES string of the molecule is Clc1ccc2c(NCCCC[NH2+]C3CCC4(CC3)OOC3(c5ccccc5)CC(c5ccccc5)=CC3O4)ccnc2c1. The van der Waals surface area contributed by atoms with Crippen molar-refractivity contribution in [2.75, 3.05) is 18.4 Å². The number of benzene rings is 3. The number of halogens is 1. The van der Waals surface area contributed by atoms with E-state index in [9.17, 15) is 0 Å². The average Bonchev–Trinajstić information content (AvgIpc) is 3.44. The number of hydrogen-bond acceptors (Lipinski definition) is 5. The molecule has 7 heteroatoms. The molecule has 0 bridgehead atoms. The maximum atomic E-state index is 6.88. The van der Waals surface area contributed by atoms with Crippen molar-refractivity contribution < 1.29 is 19.8 Å². The molecule has 3 aliphatic rings.